The fraction of sp³-hybridized carbons (Fsp3) is 1.00. The van der Waals surface area contributed by atoms with E-state index in [2.05, 4.69) is 4.18 Å². The number of hydrogen-bond acceptors (Lipinski definition) is 3. The zero-order valence-corrected chi connectivity index (χ0v) is 8.99. The molecule has 0 saturated carbocycles. The molecule has 0 aliphatic carbocycles. The third-order valence-corrected chi connectivity index (χ3v) is 2.95. The highest BCUT2D eigenvalue weighted by Crippen LogP contribution is 2.02. The Bertz CT molecular complexity index is 201. The van der Waals surface area contributed by atoms with Crippen molar-refractivity contribution in [3.05, 3.63) is 0 Å². The van der Waals surface area contributed by atoms with Gasteiger partial charge in [-0.1, -0.05) is 0 Å². The molecule has 0 aliphatic rings. The number of halogens is 2. The van der Waals surface area contributed by atoms with Crippen LogP contribution in [0.15, 0.2) is 0 Å². The van der Waals surface area contributed by atoms with E-state index in [0.717, 1.165) is 11.4 Å². The fourth-order valence-electron chi connectivity index (χ4n) is 0.629. The van der Waals surface area contributed by atoms with E-state index in [-0.39, 0.29) is 24.8 Å². The maximum Gasteiger partial charge on any atom is 0.338 e. The van der Waals surface area contributed by atoms with Crippen LogP contribution in [-0.2, 0) is 14.5 Å². The summed E-state index contributed by atoms with van der Waals surface area (Å²) in [6, 6.07) is 0. The fourth-order valence-corrected chi connectivity index (χ4v) is 2.08. The van der Waals surface area contributed by atoms with Crippen LogP contribution in [0.25, 0.3) is 0 Å². The van der Waals surface area contributed by atoms with Gasteiger partial charge in [-0.15, -0.1) is 23.2 Å². The molecule has 0 aliphatic heterocycles. The van der Waals surface area contributed by atoms with Crippen LogP contribution >= 0.6 is 23.2 Å². The van der Waals surface area contributed by atoms with E-state index in [4.69, 9.17) is 23.2 Å². The molecule has 0 radical (unpaired) electrons. The Balaban J connectivity index is 4.28. The predicted octanol–water partition coefficient (Wildman–Crippen LogP) is 0.657. The highest BCUT2D eigenvalue weighted by molar-refractivity contribution is 7.84. The minimum atomic E-state index is -3.62. The average molecular weight is 236 g/mol. The van der Waals surface area contributed by atoms with E-state index in [0.29, 0.717) is 0 Å². The Hall–Kier alpha value is 0.450. The molecular weight excluding hydrogens is 225 g/mol. The molecule has 0 fully saturated rings. The lowest BCUT2D eigenvalue weighted by molar-refractivity contribution is 0.325. The van der Waals surface area contributed by atoms with Crippen LogP contribution in [0.3, 0.4) is 0 Å². The van der Waals surface area contributed by atoms with Crippen molar-refractivity contribution in [1.29, 1.82) is 0 Å². The van der Waals surface area contributed by atoms with Crippen LogP contribution in [0.2, 0.25) is 0 Å². The van der Waals surface area contributed by atoms with Gasteiger partial charge in [-0.2, -0.15) is 12.7 Å². The van der Waals surface area contributed by atoms with Crippen molar-refractivity contribution in [3.8, 4) is 0 Å². The zero-order valence-electron chi connectivity index (χ0n) is 6.66. The summed E-state index contributed by atoms with van der Waals surface area (Å²) in [4.78, 5) is 0. The Morgan fingerprint density at radius 3 is 1.92 bits per heavy atom. The molecule has 7 heteroatoms. The van der Waals surface area contributed by atoms with Gasteiger partial charge >= 0.3 is 10.3 Å². The number of rotatable bonds is 6. The summed E-state index contributed by atoms with van der Waals surface area (Å²) in [5, 5.41) is 0. The van der Waals surface area contributed by atoms with Gasteiger partial charge in [-0.3, -0.25) is 4.18 Å². The Morgan fingerprint density at radius 1 is 1.25 bits per heavy atom. The second-order valence-corrected chi connectivity index (χ2v) is 4.36. The van der Waals surface area contributed by atoms with Crippen molar-refractivity contribution in [2.75, 3.05) is 32.0 Å². The van der Waals surface area contributed by atoms with E-state index in [1.54, 1.807) is 0 Å². The van der Waals surface area contributed by atoms with Gasteiger partial charge in [0.1, 0.15) is 0 Å². The summed E-state index contributed by atoms with van der Waals surface area (Å²) in [6.07, 6.45) is 0. The van der Waals surface area contributed by atoms with Crippen molar-refractivity contribution in [1.82, 2.24) is 4.31 Å². The average Bonchev–Trinajstić information content (AvgIpc) is 2.04. The third kappa shape index (κ3) is 3.91. The normalized spacial score (nSPS) is 12.3. The summed E-state index contributed by atoms with van der Waals surface area (Å²) in [7, 11) is -2.52. The summed E-state index contributed by atoms with van der Waals surface area (Å²) in [5.74, 6) is 0.443. The molecule has 0 unspecified atom stereocenters. The van der Waals surface area contributed by atoms with Crippen molar-refractivity contribution in [2.24, 2.45) is 0 Å². The molecule has 0 rings (SSSR count). The van der Waals surface area contributed by atoms with Crippen LogP contribution in [0.5, 0.6) is 0 Å². The first-order valence-corrected chi connectivity index (χ1v) is 5.69. The lowest BCUT2D eigenvalue weighted by Crippen LogP contribution is -2.35. The molecule has 12 heavy (non-hydrogen) atoms. The molecule has 0 aromatic carbocycles. The molecule has 0 bridgehead atoms. The Labute approximate surface area is 82.6 Å². The van der Waals surface area contributed by atoms with Gasteiger partial charge in [0.25, 0.3) is 0 Å². The molecule has 0 amide bonds. The van der Waals surface area contributed by atoms with Crippen LogP contribution < -0.4 is 0 Å². The maximum absolute atomic E-state index is 11.1. The van der Waals surface area contributed by atoms with Crippen LogP contribution in [-0.4, -0.2) is 44.7 Å². The molecule has 0 aromatic heterocycles. The smallest absolute Gasteiger partial charge is 0.261 e. The standard InChI is InChI=1S/C5H11Cl2NO3S/c1-11-12(9,10)8(4-2-6)5-3-7/h2-5H2,1H3. The van der Waals surface area contributed by atoms with E-state index in [1.807, 2.05) is 0 Å². The van der Waals surface area contributed by atoms with E-state index >= 15 is 0 Å². The van der Waals surface area contributed by atoms with Gasteiger partial charge < -0.3 is 0 Å². The third-order valence-electron chi connectivity index (χ3n) is 1.19. The topological polar surface area (TPSA) is 46.6 Å². The van der Waals surface area contributed by atoms with E-state index in [9.17, 15) is 8.42 Å². The Kier molecular flexibility index (Phi) is 6.21. The molecule has 0 N–H and O–H groups in total. The maximum atomic E-state index is 11.1. The number of nitrogens with zero attached hydrogens (tertiary/aromatic N) is 1. The van der Waals surface area contributed by atoms with Crippen LogP contribution in [0.1, 0.15) is 0 Å². The van der Waals surface area contributed by atoms with E-state index < -0.39 is 10.3 Å². The lowest BCUT2D eigenvalue weighted by atomic mass is 10.7. The molecular formula is C5H11Cl2NO3S. The van der Waals surface area contributed by atoms with Crippen molar-refractivity contribution < 1.29 is 12.6 Å². The molecule has 0 aromatic rings. The first kappa shape index (κ1) is 12.4. The van der Waals surface area contributed by atoms with Gasteiger partial charge in [0.15, 0.2) is 0 Å². The summed E-state index contributed by atoms with van der Waals surface area (Å²) in [5.41, 5.74) is 0. The van der Waals surface area contributed by atoms with Gasteiger partial charge in [0.2, 0.25) is 0 Å². The van der Waals surface area contributed by atoms with Gasteiger partial charge in [-0.25, -0.2) is 0 Å². The van der Waals surface area contributed by atoms with Crippen molar-refractivity contribution >= 4 is 33.5 Å². The lowest BCUT2D eigenvalue weighted by Gasteiger charge is -2.17. The monoisotopic (exact) mass is 235 g/mol. The quantitative estimate of drug-likeness (QED) is 0.636. The second kappa shape index (κ2) is 5.99. The summed E-state index contributed by atoms with van der Waals surface area (Å²) < 4.78 is 27.5. The zero-order chi connectivity index (χ0) is 9.61. The number of hydrogen-bond donors (Lipinski definition) is 0. The molecule has 4 nitrogen and oxygen atoms in total. The van der Waals surface area contributed by atoms with Crippen molar-refractivity contribution in [3.63, 3.8) is 0 Å². The first-order chi connectivity index (χ1) is 5.58. The summed E-state index contributed by atoms with van der Waals surface area (Å²) in [6.45, 7) is 0.425. The van der Waals surface area contributed by atoms with Crippen molar-refractivity contribution in [2.45, 2.75) is 0 Å². The number of alkyl halides is 2. The van der Waals surface area contributed by atoms with E-state index in [1.165, 1.54) is 0 Å². The molecule has 0 saturated heterocycles. The van der Waals surface area contributed by atoms with Gasteiger partial charge in [0.05, 0.1) is 7.11 Å². The van der Waals surface area contributed by atoms with Crippen LogP contribution in [0, 0.1) is 0 Å². The summed E-state index contributed by atoms with van der Waals surface area (Å²) >= 11 is 10.8. The highest BCUT2D eigenvalue weighted by atomic mass is 35.5. The van der Waals surface area contributed by atoms with Gasteiger partial charge in [-0.05, 0) is 0 Å². The molecule has 74 valence electrons. The highest BCUT2D eigenvalue weighted by Gasteiger charge is 2.19. The largest absolute Gasteiger partial charge is 0.338 e. The minimum absolute atomic E-state index is 0.213. The van der Waals surface area contributed by atoms with Crippen LogP contribution in [0.4, 0.5) is 0 Å². The molecule has 0 atom stereocenters. The first-order valence-electron chi connectivity index (χ1n) is 3.26. The Morgan fingerprint density at radius 2 is 1.67 bits per heavy atom. The van der Waals surface area contributed by atoms with Gasteiger partial charge in [0, 0.05) is 24.8 Å². The molecule has 0 heterocycles. The SMILES string of the molecule is COS(=O)(=O)N(CCCl)CCCl. The predicted molar refractivity (Wildman–Crippen MR) is 48.9 cm³/mol. The second-order valence-electron chi connectivity index (χ2n) is 1.90. The minimum Gasteiger partial charge on any atom is -0.261 e. The molecule has 0 spiro atoms.